The lowest BCUT2D eigenvalue weighted by Gasteiger charge is -2.30. The maximum Gasteiger partial charge on any atom is 0.238 e. The number of halogens is 1. The van der Waals surface area contributed by atoms with Crippen LogP contribution >= 0.6 is 11.6 Å². The summed E-state index contributed by atoms with van der Waals surface area (Å²) in [6.07, 6.45) is 3.15. The van der Waals surface area contributed by atoms with Crippen molar-refractivity contribution in [1.82, 2.24) is 4.90 Å². The highest BCUT2D eigenvalue weighted by molar-refractivity contribution is 7.89. The Labute approximate surface area is 158 Å². The normalized spacial score (nSPS) is 23.2. The summed E-state index contributed by atoms with van der Waals surface area (Å²) in [6, 6.07) is 12.5. The van der Waals surface area contributed by atoms with Crippen LogP contribution in [0.2, 0.25) is 5.02 Å². The molecule has 2 atom stereocenters. The molecule has 5 nitrogen and oxygen atoms in total. The van der Waals surface area contributed by atoms with Crippen molar-refractivity contribution in [3.63, 3.8) is 0 Å². The SMILES string of the molecule is NS(=O)(=O)c1ccc(O[C@H]2c3c(Cl)cccc3C[C@@H]2N2CCCC2)cc1. The van der Waals surface area contributed by atoms with E-state index in [1.54, 1.807) is 12.1 Å². The van der Waals surface area contributed by atoms with Crippen molar-refractivity contribution in [3.8, 4) is 5.75 Å². The van der Waals surface area contributed by atoms with Gasteiger partial charge in [-0.05, 0) is 68.2 Å². The summed E-state index contributed by atoms with van der Waals surface area (Å²) in [5, 5.41) is 5.88. The van der Waals surface area contributed by atoms with Gasteiger partial charge in [0.1, 0.15) is 11.9 Å². The van der Waals surface area contributed by atoms with Crippen LogP contribution in [0.5, 0.6) is 5.75 Å². The number of nitrogens with two attached hydrogens (primary N) is 1. The van der Waals surface area contributed by atoms with Crippen LogP contribution in [0.25, 0.3) is 0 Å². The van der Waals surface area contributed by atoms with Gasteiger partial charge in [-0.1, -0.05) is 23.7 Å². The molecule has 2 aliphatic rings. The molecule has 7 heteroatoms. The van der Waals surface area contributed by atoms with Crippen molar-refractivity contribution in [2.75, 3.05) is 13.1 Å². The maximum absolute atomic E-state index is 11.4. The second-order valence-corrected chi connectivity index (χ2v) is 8.85. The quantitative estimate of drug-likeness (QED) is 0.867. The van der Waals surface area contributed by atoms with E-state index in [0.29, 0.717) is 5.75 Å². The van der Waals surface area contributed by atoms with Gasteiger partial charge in [-0.3, -0.25) is 4.90 Å². The second-order valence-electron chi connectivity index (χ2n) is 6.88. The minimum Gasteiger partial charge on any atom is -0.484 e. The van der Waals surface area contributed by atoms with E-state index in [4.69, 9.17) is 21.5 Å². The van der Waals surface area contributed by atoms with Gasteiger partial charge >= 0.3 is 0 Å². The number of rotatable bonds is 4. The summed E-state index contributed by atoms with van der Waals surface area (Å²) >= 11 is 6.49. The van der Waals surface area contributed by atoms with Gasteiger partial charge in [0, 0.05) is 10.6 Å². The fourth-order valence-corrected chi connectivity index (χ4v) is 4.81. The average Bonchev–Trinajstić information content (AvgIpc) is 3.23. The first-order valence-electron chi connectivity index (χ1n) is 8.74. The van der Waals surface area contributed by atoms with Crippen molar-refractivity contribution in [2.45, 2.75) is 36.3 Å². The van der Waals surface area contributed by atoms with Crippen LogP contribution < -0.4 is 9.88 Å². The number of hydrogen-bond acceptors (Lipinski definition) is 4. The third-order valence-electron chi connectivity index (χ3n) is 5.23. The summed E-state index contributed by atoms with van der Waals surface area (Å²) in [5.74, 6) is 0.611. The molecule has 26 heavy (non-hydrogen) atoms. The predicted octanol–water partition coefficient (Wildman–Crippen LogP) is 3.13. The molecule has 1 heterocycles. The van der Waals surface area contributed by atoms with Crippen LogP contribution in [-0.4, -0.2) is 32.4 Å². The summed E-state index contributed by atoms with van der Waals surface area (Å²) < 4.78 is 29.2. The lowest BCUT2D eigenvalue weighted by molar-refractivity contribution is 0.0941. The smallest absolute Gasteiger partial charge is 0.238 e. The molecule has 4 rings (SSSR count). The summed E-state index contributed by atoms with van der Waals surface area (Å²) in [6.45, 7) is 2.14. The number of sulfonamides is 1. The Balaban J connectivity index is 1.65. The molecular formula is C19H21ClN2O3S. The summed E-state index contributed by atoms with van der Waals surface area (Å²) in [5.41, 5.74) is 2.27. The fourth-order valence-electron chi connectivity index (χ4n) is 3.99. The average molecular weight is 393 g/mol. The zero-order chi connectivity index (χ0) is 18.3. The molecule has 0 spiro atoms. The minimum atomic E-state index is -3.71. The molecule has 1 aliphatic carbocycles. The van der Waals surface area contributed by atoms with E-state index in [-0.39, 0.29) is 17.0 Å². The largest absolute Gasteiger partial charge is 0.484 e. The summed E-state index contributed by atoms with van der Waals surface area (Å²) in [4.78, 5) is 2.55. The first-order valence-corrected chi connectivity index (χ1v) is 10.7. The Kier molecular flexibility index (Phi) is 4.69. The molecule has 0 bridgehead atoms. The standard InChI is InChI=1S/C19H21ClN2O3S/c20-16-5-3-4-13-12-17(22-10-1-2-11-22)19(18(13)16)25-14-6-8-15(9-7-14)26(21,23)24/h3-9,17,19H,1-2,10-12H2,(H2,21,23,24)/t17-,19+/m0/s1. The number of primary sulfonamides is 1. The van der Waals surface area contributed by atoms with E-state index in [0.717, 1.165) is 30.1 Å². The molecule has 0 unspecified atom stereocenters. The predicted molar refractivity (Wildman–Crippen MR) is 101 cm³/mol. The van der Waals surface area contributed by atoms with Crippen molar-refractivity contribution in [3.05, 3.63) is 58.6 Å². The Morgan fingerprint density at radius 3 is 2.42 bits per heavy atom. The van der Waals surface area contributed by atoms with Gasteiger partial charge in [0.05, 0.1) is 10.9 Å². The monoisotopic (exact) mass is 392 g/mol. The molecule has 2 aromatic rings. The maximum atomic E-state index is 11.4. The Morgan fingerprint density at radius 2 is 1.77 bits per heavy atom. The zero-order valence-corrected chi connectivity index (χ0v) is 15.8. The number of benzene rings is 2. The van der Waals surface area contributed by atoms with Crippen molar-refractivity contribution in [1.29, 1.82) is 0 Å². The topological polar surface area (TPSA) is 72.6 Å². The molecule has 2 N–H and O–H groups in total. The van der Waals surface area contributed by atoms with Gasteiger partial charge in [0.25, 0.3) is 0 Å². The number of hydrogen-bond donors (Lipinski definition) is 1. The molecule has 138 valence electrons. The van der Waals surface area contributed by atoms with E-state index in [1.165, 1.54) is 30.5 Å². The fraction of sp³-hybridized carbons (Fsp3) is 0.368. The molecule has 2 aromatic carbocycles. The van der Waals surface area contributed by atoms with Gasteiger partial charge in [-0.25, -0.2) is 13.6 Å². The third-order valence-corrected chi connectivity index (χ3v) is 6.49. The Morgan fingerprint density at radius 1 is 1.08 bits per heavy atom. The van der Waals surface area contributed by atoms with E-state index in [1.807, 2.05) is 12.1 Å². The highest BCUT2D eigenvalue weighted by Gasteiger charge is 2.40. The van der Waals surface area contributed by atoms with Crippen LogP contribution in [0.1, 0.15) is 30.1 Å². The number of fused-ring (bicyclic) bond motifs is 1. The second kappa shape index (κ2) is 6.85. The van der Waals surface area contributed by atoms with E-state index < -0.39 is 10.0 Å². The molecule has 0 aromatic heterocycles. The molecule has 1 aliphatic heterocycles. The Hall–Kier alpha value is -1.60. The molecule has 1 saturated heterocycles. The van der Waals surface area contributed by atoms with Crippen molar-refractivity contribution in [2.24, 2.45) is 5.14 Å². The van der Waals surface area contributed by atoms with Gasteiger partial charge in [0.2, 0.25) is 10.0 Å². The van der Waals surface area contributed by atoms with Crippen LogP contribution in [0.3, 0.4) is 0 Å². The number of nitrogens with zero attached hydrogens (tertiary/aromatic N) is 1. The van der Waals surface area contributed by atoms with Gasteiger partial charge in [-0.2, -0.15) is 0 Å². The molecule has 0 amide bonds. The first kappa shape index (κ1) is 17.8. The number of ether oxygens (including phenoxy) is 1. The van der Waals surface area contributed by atoms with Gasteiger partial charge in [-0.15, -0.1) is 0 Å². The molecule has 0 saturated carbocycles. The van der Waals surface area contributed by atoms with Gasteiger partial charge in [0.15, 0.2) is 0 Å². The van der Waals surface area contributed by atoms with Crippen LogP contribution in [0, 0.1) is 0 Å². The first-order chi connectivity index (χ1) is 12.4. The summed E-state index contributed by atoms with van der Waals surface area (Å²) in [7, 11) is -3.71. The third kappa shape index (κ3) is 3.34. The van der Waals surface area contributed by atoms with Gasteiger partial charge < -0.3 is 4.74 Å². The van der Waals surface area contributed by atoms with Crippen LogP contribution in [0.4, 0.5) is 0 Å². The molecule has 0 radical (unpaired) electrons. The molecular weight excluding hydrogens is 372 g/mol. The zero-order valence-electron chi connectivity index (χ0n) is 14.3. The van der Waals surface area contributed by atoms with Crippen LogP contribution in [-0.2, 0) is 16.4 Å². The van der Waals surface area contributed by atoms with E-state index in [2.05, 4.69) is 11.0 Å². The van der Waals surface area contributed by atoms with Crippen molar-refractivity contribution < 1.29 is 13.2 Å². The highest BCUT2D eigenvalue weighted by Crippen LogP contribution is 2.42. The highest BCUT2D eigenvalue weighted by atomic mass is 35.5. The molecule has 1 fully saturated rings. The number of likely N-dealkylation sites (tertiary alicyclic amines) is 1. The Bertz CT molecular complexity index is 909. The van der Waals surface area contributed by atoms with Crippen LogP contribution in [0.15, 0.2) is 47.4 Å². The minimum absolute atomic E-state index is 0.0748. The van der Waals surface area contributed by atoms with E-state index >= 15 is 0 Å². The lowest BCUT2D eigenvalue weighted by Crippen LogP contribution is -2.38. The van der Waals surface area contributed by atoms with E-state index in [9.17, 15) is 8.42 Å². The van der Waals surface area contributed by atoms with Crippen molar-refractivity contribution >= 4 is 21.6 Å². The lowest BCUT2D eigenvalue weighted by atomic mass is 10.1.